The zero-order chi connectivity index (χ0) is 10.8. The molecule has 0 bridgehead atoms. The van der Waals surface area contributed by atoms with E-state index < -0.39 is 0 Å². The predicted octanol–water partition coefficient (Wildman–Crippen LogP) is 1.50. The molecule has 4 nitrogen and oxygen atoms in total. The molecule has 14 heavy (non-hydrogen) atoms. The van der Waals surface area contributed by atoms with Crippen molar-refractivity contribution in [2.75, 3.05) is 6.54 Å². The molecular formula is C10H17NO3. The van der Waals surface area contributed by atoms with Crippen molar-refractivity contribution in [2.45, 2.75) is 40.0 Å². The van der Waals surface area contributed by atoms with Gasteiger partial charge in [-0.2, -0.15) is 5.06 Å². The zero-order valence-electron chi connectivity index (χ0n) is 9.00. The van der Waals surface area contributed by atoms with Crippen molar-refractivity contribution in [1.29, 1.82) is 0 Å². The molecule has 0 unspecified atom stereocenters. The Kier molecular flexibility index (Phi) is 3.13. The molecule has 0 aromatic rings. The second-order valence-corrected chi connectivity index (χ2v) is 4.80. The third-order valence-corrected chi connectivity index (χ3v) is 1.92. The Labute approximate surface area is 84.2 Å². The summed E-state index contributed by atoms with van der Waals surface area (Å²) in [5, 5.41) is 1.17. The summed E-state index contributed by atoms with van der Waals surface area (Å²) in [5.74, 6) is -0.417. The minimum absolute atomic E-state index is 0.0905. The Hall–Kier alpha value is -1.06. The van der Waals surface area contributed by atoms with E-state index in [-0.39, 0.29) is 17.3 Å². The van der Waals surface area contributed by atoms with Crippen LogP contribution in [0.1, 0.15) is 40.0 Å². The minimum atomic E-state index is -0.326. The maximum absolute atomic E-state index is 11.3. The topological polar surface area (TPSA) is 46.6 Å². The van der Waals surface area contributed by atoms with Crippen LogP contribution in [0.5, 0.6) is 0 Å². The summed E-state index contributed by atoms with van der Waals surface area (Å²) < 4.78 is 0. The van der Waals surface area contributed by atoms with Crippen LogP contribution in [0.25, 0.3) is 0 Å². The molecule has 0 saturated carbocycles. The fraction of sp³-hybridized carbons (Fsp3) is 0.800. The largest absolute Gasteiger partial charge is 0.338 e. The van der Waals surface area contributed by atoms with E-state index in [1.165, 1.54) is 5.06 Å². The van der Waals surface area contributed by atoms with Gasteiger partial charge in [0.2, 0.25) is 0 Å². The summed E-state index contributed by atoms with van der Waals surface area (Å²) in [4.78, 5) is 27.4. The molecule has 0 spiro atoms. The van der Waals surface area contributed by atoms with Crippen molar-refractivity contribution >= 4 is 11.9 Å². The Bertz CT molecular complexity index is 242. The third-order valence-electron chi connectivity index (χ3n) is 1.92. The average Bonchev–Trinajstić information content (AvgIpc) is 2.32. The molecule has 0 aromatic carbocycles. The molecule has 0 radical (unpaired) electrons. The lowest BCUT2D eigenvalue weighted by atomic mass is 9.93. The van der Waals surface area contributed by atoms with E-state index in [0.29, 0.717) is 19.4 Å². The van der Waals surface area contributed by atoms with Gasteiger partial charge in [-0.3, -0.25) is 4.79 Å². The maximum atomic E-state index is 11.3. The first-order valence-corrected chi connectivity index (χ1v) is 4.90. The average molecular weight is 199 g/mol. The van der Waals surface area contributed by atoms with Crippen LogP contribution < -0.4 is 0 Å². The standard InChI is InChI=1S/C10H17NO3/c1-10(2,3)7-9(13)14-11-6-4-5-8(11)12/h4-7H2,1-3H3. The molecule has 80 valence electrons. The van der Waals surface area contributed by atoms with Gasteiger partial charge in [-0.05, 0) is 11.8 Å². The van der Waals surface area contributed by atoms with Crippen molar-refractivity contribution in [1.82, 2.24) is 5.06 Å². The Morgan fingerprint density at radius 2 is 2.14 bits per heavy atom. The summed E-state index contributed by atoms with van der Waals surface area (Å²) >= 11 is 0. The van der Waals surface area contributed by atoms with Gasteiger partial charge >= 0.3 is 5.97 Å². The van der Waals surface area contributed by atoms with Gasteiger partial charge in [0.15, 0.2) is 0 Å². The second-order valence-electron chi connectivity index (χ2n) is 4.80. The van der Waals surface area contributed by atoms with E-state index in [9.17, 15) is 9.59 Å². The molecule has 0 N–H and O–H groups in total. The van der Waals surface area contributed by atoms with Gasteiger partial charge in [-0.25, -0.2) is 4.79 Å². The van der Waals surface area contributed by atoms with E-state index in [1.807, 2.05) is 20.8 Å². The highest BCUT2D eigenvalue weighted by atomic mass is 16.7. The Morgan fingerprint density at radius 1 is 1.50 bits per heavy atom. The molecule has 4 heteroatoms. The van der Waals surface area contributed by atoms with Crippen LogP contribution in [-0.2, 0) is 14.4 Å². The molecule has 1 saturated heterocycles. The van der Waals surface area contributed by atoms with Gasteiger partial charge in [-0.15, -0.1) is 0 Å². The SMILES string of the molecule is CC(C)(C)CC(=O)ON1CCCC1=O. The van der Waals surface area contributed by atoms with Crippen LogP contribution in [0.15, 0.2) is 0 Å². The number of carbonyl (C=O) groups excluding carboxylic acids is 2. The van der Waals surface area contributed by atoms with Crippen LogP contribution in [0.4, 0.5) is 0 Å². The van der Waals surface area contributed by atoms with Crippen LogP contribution in [0.3, 0.4) is 0 Å². The van der Waals surface area contributed by atoms with Crippen LogP contribution in [-0.4, -0.2) is 23.5 Å². The van der Waals surface area contributed by atoms with Crippen molar-refractivity contribution in [3.05, 3.63) is 0 Å². The van der Waals surface area contributed by atoms with Crippen LogP contribution >= 0.6 is 0 Å². The number of hydrogen-bond acceptors (Lipinski definition) is 3. The number of carbonyl (C=O) groups is 2. The lowest BCUT2D eigenvalue weighted by Crippen LogP contribution is -2.29. The van der Waals surface area contributed by atoms with Crippen molar-refractivity contribution < 1.29 is 14.4 Å². The highest BCUT2D eigenvalue weighted by Gasteiger charge is 2.26. The molecule has 1 fully saturated rings. The molecule has 1 heterocycles. The molecule has 0 atom stereocenters. The monoisotopic (exact) mass is 199 g/mol. The van der Waals surface area contributed by atoms with E-state index in [2.05, 4.69) is 0 Å². The molecule has 1 aliphatic heterocycles. The normalized spacial score (nSPS) is 17.4. The fourth-order valence-electron chi connectivity index (χ4n) is 1.31. The van der Waals surface area contributed by atoms with Gasteiger partial charge < -0.3 is 4.84 Å². The van der Waals surface area contributed by atoms with E-state index >= 15 is 0 Å². The summed E-state index contributed by atoms with van der Waals surface area (Å²) in [6.07, 6.45) is 1.60. The second kappa shape index (κ2) is 3.98. The molecule has 1 amide bonds. The minimum Gasteiger partial charge on any atom is -0.338 e. The van der Waals surface area contributed by atoms with Crippen molar-refractivity contribution in [3.63, 3.8) is 0 Å². The first-order valence-electron chi connectivity index (χ1n) is 4.90. The van der Waals surface area contributed by atoms with Crippen LogP contribution in [0, 0.1) is 5.41 Å². The number of nitrogens with zero attached hydrogens (tertiary/aromatic N) is 1. The Morgan fingerprint density at radius 3 is 2.57 bits per heavy atom. The number of hydrogen-bond donors (Lipinski definition) is 0. The first kappa shape index (κ1) is 11.0. The highest BCUT2D eigenvalue weighted by molar-refractivity contribution is 5.79. The Balaban J connectivity index is 2.37. The van der Waals surface area contributed by atoms with Crippen molar-refractivity contribution in [2.24, 2.45) is 5.41 Å². The van der Waals surface area contributed by atoms with Gasteiger partial charge in [0.1, 0.15) is 0 Å². The van der Waals surface area contributed by atoms with E-state index in [4.69, 9.17) is 4.84 Å². The maximum Gasteiger partial charge on any atom is 0.333 e. The summed E-state index contributed by atoms with van der Waals surface area (Å²) in [5.41, 5.74) is -0.0974. The summed E-state index contributed by atoms with van der Waals surface area (Å²) in [6, 6.07) is 0. The molecule has 0 aliphatic carbocycles. The first-order chi connectivity index (χ1) is 6.38. The van der Waals surface area contributed by atoms with Crippen molar-refractivity contribution in [3.8, 4) is 0 Å². The molecular weight excluding hydrogens is 182 g/mol. The molecule has 1 rings (SSSR count). The third kappa shape index (κ3) is 3.36. The fourth-order valence-corrected chi connectivity index (χ4v) is 1.31. The summed E-state index contributed by atoms with van der Waals surface area (Å²) in [7, 11) is 0. The van der Waals surface area contributed by atoms with E-state index in [0.717, 1.165) is 6.42 Å². The van der Waals surface area contributed by atoms with Gasteiger partial charge in [0.05, 0.1) is 13.0 Å². The lowest BCUT2D eigenvalue weighted by Gasteiger charge is -2.19. The number of rotatable bonds is 2. The van der Waals surface area contributed by atoms with Crippen LogP contribution in [0.2, 0.25) is 0 Å². The number of hydroxylamine groups is 2. The van der Waals surface area contributed by atoms with Gasteiger partial charge in [0, 0.05) is 6.42 Å². The lowest BCUT2D eigenvalue weighted by molar-refractivity contribution is -0.194. The zero-order valence-corrected chi connectivity index (χ0v) is 9.00. The quantitative estimate of drug-likeness (QED) is 0.677. The summed E-state index contributed by atoms with van der Waals surface area (Å²) in [6.45, 7) is 6.41. The highest BCUT2D eigenvalue weighted by Crippen LogP contribution is 2.20. The number of amides is 1. The van der Waals surface area contributed by atoms with Gasteiger partial charge in [0.25, 0.3) is 5.91 Å². The van der Waals surface area contributed by atoms with E-state index in [1.54, 1.807) is 0 Å². The smallest absolute Gasteiger partial charge is 0.333 e. The van der Waals surface area contributed by atoms with Gasteiger partial charge in [-0.1, -0.05) is 20.8 Å². The molecule has 0 aromatic heterocycles. The molecule has 1 aliphatic rings. The predicted molar refractivity (Wildman–Crippen MR) is 51.1 cm³/mol.